The zero-order chi connectivity index (χ0) is 16.9. The van der Waals surface area contributed by atoms with Crippen LogP contribution in [0.4, 0.5) is 4.39 Å². The number of rotatable bonds is 7. The summed E-state index contributed by atoms with van der Waals surface area (Å²) in [5.41, 5.74) is 0.660. The quantitative estimate of drug-likeness (QED) is 0.803. The Labute approximate surface area is 142 Å². The zero-order valence-corrected chi connectivity index (χ0v) is 14.1. The van der Waals surface area contributed by atoms with Gasteiger partial charge in [0.1, 0.15) is 19.0 Å². The third kappa shape index (κ3) is 3.90. The molecule has 3 rings (SSSR count). The van der Waals surface area contributed by atoms with Crippen molar-refractivity contribution in [1.82, 2.24) is 5.32 Å². The van der Waals surface area contributed by atoms with Crippen molar-refractivity contribution in [2.75, 3.05) is 19.8 Å². The minimum Gasteiger partial charge on any atom is -0.487 e. The number of fused-ring (bicyclic) bond motifs is 1. The molecule has 1 fully saturated rings. The molecule has 1 heterocycles. The number of nitrogens with one attached hydrogen (secondary N) is 1. The van der Waals surface area contributed by atoms with Gasteiger partial charge in [-0.25, -0.2) is 4.39 Å². The molecule has 0 radical (unpaired) electrons. The van der Waals surface area contributed by atoms with Crippen LogP contribution in [0, 0.1) is 5.92 Å². The average molecular weight is 335 g/mol. The first-order valence-electron chi connectivity index (χ1n) is 8.81. The van der Waals surface area contributed by atoms with Gasteiger partial charge in [0.25, 0.3) is 0 Å². The Kier molecular flexibility index (Phi) is 5.74. The number of furan rings is 1. The minimum atomic E-state index is -0.522. The van der Waals surface area contributed by atoms with Crippen molar-refractivity contribution in [3.05, 3.63) is 30.0 Å². The van der Waals surface area contributed by atoms with Gasteiger partial charge in [-0.15, -0.1) is 0 Å². The summed E-state index contributed by atoms with van der Waals surface area (Å²) >= 11 is 0. The molecule has 4 nitrogen and oxygen atoms in total. The summed E-state index contributed by atoms with van der Waals surface area (Å²) in [4.78, 5) is 0. The third-order valence-electron chi connectivity index (χ3n) is 4.84. The Bertz CT molecular complexity index is 657. The van der Waals surface area contributed by atoms with Gasteiger partial charge >= 0.3 is 0 Å². The summed E-state index contributed by atoms with van der Waals surface area (Å²) in [5, 5.41) is 14.5. The van der Waals surface area contributed by atoms with Crippen molar-refractivity contribution in [2.24, 2.45) is 5.92 Å². The summed E-state index contributed by atoms with van der Waals surface area (Å²) in [6, 6.07) is 7.67. The number of ether oxygens (including phenoxy) is 1. The van der Waals surface area contributed by atoms with Crippen molar-refractivity contribution in [3.63, 3.8) is 0 Å². The summed E-state index contributed by atoms with van der Waals surface area (Å²) in [6.07, 6.45) is 4.09. The van der Waals surface area contributed by atoms with E-state index in [0.29, 0.717) is 17.3 Å². The predicted octanol–water partition coefficient (Wildman–Crippen LogP) is 3.98. The molecule has 1 saturated carbocycles. The molecule has 1 aliphatic carbocycles. The van der Waals surface area contributed by atoms with Crippen molar-refractivity contribution in [3.8, 4) is 5.75 Å². The highest BCUT2D eigenvalue weighted by atomic mass is 19.1. The Balaban J connectivity index is 1.67. The van der Waals surface area contributed by atoms with E-state index in [9.17, 15) is 9.50 Å². The van der Waals surface area contributed by atoms with Crippen LogP contribution >= 0.6 is 0 Å². The van der Waals surface area contributed by atoms with Crippen molar-refractivity contribution < 1.29 is 18.7 Å². The van der Waals surface area contributed by atoms with Gasteiger partial charge in [-0.1, -0.05) is 25.0 Å². The topological polar surface area (TPSA) is 54.6 Å². The molecule has 5 heteroatoms. The molecular weight excluding hydrogens is 309 g/mol. The highest BCUT2D eigenvalue weighted by Crippen LogP contribution is 2.31. The Morgan fingerprint density at radius 2 is 2.21 bits per heavy atom. The van der Waals surface area contributed by atoms with Gasteiger partial charge in [-0.2, -0.15) is 0 Å². The second-order valence-electron chi connectivity index (χ2n) is 6.60. The molecule has 24 heavy (non-hydrogen) atoms. The number of alkyl halides is 1. The van der Waals surface area contributed by atoms with Crippen LogP contribution in [0.25, 0.3) is 11.0 Å². The minimum absolute atomic E-state index is 0.0303. The van der Waals surface area contributed by atoms with Gasteiger partial charge in [0, 0.05) is 11.9 Å². The first-order chi connectivity index (χ1) is 11.7. The monoisotopic (exact) mass is 335 g/mol. The molecule has 0 spiro atoms. The van der Waals surface area contributed by atoms with E-state index in [0.717, 1.165) is 37.0 Å². The average Bonchev–Trinajstić information content (AvgIpc) is 3.04. The lowest BCUT2D eigenvalue weighted by Gasteiger charge is -2.28. The van der Waals surface area contributed by atoms with Gasteiger partial charge < -0.3 is 19.6 Å². The van der Waals surface area contributed by atoms with Crippen LogP contribution < -0.4 is 10.1 Å². The SMILES string of the molecule is CC(NCC1CCCCC1O)c1cc2cccc(OCCF)c2o1. The molecule has 1 aliphatic rings. The van der Waals surface area contributed by atoms with Crippen LogP contribution in [0.2, 0.25) is 0 Å². The number of hydrogen-bond donors (Lipinski definition) is 2. The summed E-state index contributed by atoms with van der Waals surface area (Å²) < 4.78 is 23.7. The Hall–Kier alpha value is -1.59. The lowest BCUT2D eigenvalue weighted by atomic mass is 9.86. The molecule has 0 amide bonds. The fourth-order valence-corrected chi connectivity index (χ4v) is 3.39. The zero-order valence-electron chi connectivity index (χ0n) is 14.1. The fraction of sp³-hybridized carbons (Fsp3) is 0.579. The highest BCUT2D eigenvalue weighted by Gasteiger charge is 2.24. The fourth-order valence-electron chi connectivity index (χ4n) is 3.39. The summed E-state index contributed by atoms with van der Waals surface area (Å²) in [6.45, 7) is 2.34. The maximum absolute atomic E-state index is 12.3. The molecule has 2 aromatic rings. The molecule has 1 aromatic carbocycles. The van der Waals surface area contributed by atoms with Crippen LogP contribution in [0.15, 0.2) is 28.7 Å². The first-order valence-corrected chi connectivity index (χ1v) is 8.81. The Morgan fingerprint density at radius 1 is 1.38 bits per heavy atom. The molecule has 0 saturated heterocycles. The van der Waals surface area contributed by atoms with E-state index in [4.69, 9.17) is 9.15 Å². The van der Waals surface area contributed by atoms with Crippen molar-refractivity contribution in [2.45, 2.75) is 44.8 Å². The van der Waals surface area contributed by atoms with E-state index < -0.39 is 6.67 Å². The van der Waals surface area contributed by atoms with Crippen molar-refractivity contribution >= 4 is 11.0 Å². The van der Waals surface area contributed by atoms with Crippen molar-refractivity contribution in [1.29, 1.82) is 0 Å². The normalized spacial score (nSPS) is 22.6. The van der Waals surface area contributed by atoms with E-state index in [-0.39, 0.29) is 18.8 Å². The largest absolute Gasteiger partial charge is 0.487 e. The van der Waals surface area contributed by atoms with E-state index >= 15 is 0 Å². The smallest absolute Gasteiger partial charge is 0.176 e. The second-order valence-corrected chi connectivity index (χ2v) is 6.60. The maximum atomic E-state index is 12.3. The van der Waals surface area contributed by atoms with Gasteiger partial charge in [-0.05, 0) is 37.8 Å². The summed E-state index contributed by atoms with van der Waals surface area (Å²) in [5.74, 6) is 1.71. The molecule has 3 unspecified atom stereocenters. The van der Waals surface area contributed by atoms with Gasteiger partial charge in [0.2, 0.25) is 0 Å². The molecule has 132 valence electrons. The number of aliphatic hydroxyl groups excluding tert-OH is 1. The Morgan fingerprint density at radius 3 is 3.00 bits per heavy atom. The van der Waals surface area contributed by atoms with Crippen LogP contribution in [0.1, 0.15) is 44.4 Å². The number of halogens is 1. The molecule has 1 aromatic heterocycles. The van der Waals surface area contributed by atoms with E-state index in [2.05, 4.69) is 12.2 Å². The standard InChI is InChI=1S/C19H26FNO3/c1-13(21-12-15-5-2-3-7-16(15)22)18-11-14-6-4-8-17(19(14)24-18)23-10-9-20/h4,6,8,11,13,15-16,21-22H,2-3,5,7,9-10,12H2,1H3. The van der Waals surface area contributed by atoms with Crippen LogP contribution in [-0.2, 0) is 0 Å². The predicted molar refractivity (Wildman–Crippen MR) is 92.1 cm³/mol. The molecule has 3 atom stereocenters. The number of hydrogen-bond acceptors (Lipinski definition) is 4. The summed E-state index contributed by atoms with van der Waals surface area (Å²) in [7, 11) is 0. The number of benzene rings is 1. The molecule has 0 aliphatic heterocycles. The maximum Gasteiger partial charge on any atom is 0.176 e. The lowest BCUT2D eigenvalue weighted by molar-refractivity contribution is 0.0680. The van der Waals surface area contributed by atoms with E-state index in [1.807, 2.05) is 18.2 Å². The molecule has 2 N–H and O–H groups in total. The number of aliphatic hydroxyl groups is 1. The van der Waals surface area contributed by atoms with Gasteiger partial charge in [-0.3, -0.25) is 0 Å². The third-order valence-corrected chi connectivity index (χ3v) is 4.84. The van der Waals surface area contributed by atoms with Gasteiger partial charge in [0.15, 0.2) is 11.3 Å². The highest BCUT2D eigenvalue weighted by molar-refractivity contribution is 5.83. The second kappa shape index (κ2) is 7.99. The lowest BCUT2D eigenvalue weighted by Crippen LogP contribution is -2.34. The van der Waals surface area contributed by atoms with Gasteiger partial charge in [0.05, 0.1) is 12.1 Å². The first kappa shape index (κ1) is 17.2. The van der Waals surface area contributed by atoms with Crippen LogP contribution in [0.3, 0.4) is 0 Å². The number of para-hydroxylation sites is 1. The van der Waals surface area contributed by atoms with E-state index in [1.165, 1.54) is 6.42 Å². The van der Waals surface area contributed by atoms with E-state index in [1.54, 1.807) is 6.07 Å². The van der Waals surface area contributed by atoms with Crippen LogP contribution in [-0.4, -0.2) is 31.0 Å². The molecule has 0 bridgehead atoms. The molecular formula is C19H26FNO3. The van der Waals surface area contributed by atoms with Crippen LogP contribution in [0.5, 0.6) is 5.75 Å².